The number of hydrogen-bond acceptors (Lipinski definition) is 3. The third-order valence-corrected chi connectivity index (χ3v) is 3.44. The highest BCUT2D eigenvalue weighted by atomic mass is 32.2. The van der Waals surface area contributed by atoms with E-state index in [2.05, 4.69) is 5.92 Å². The van der Waals surface area contributed by atoms with Gasteiger partial charge in [-0.05, 0) is 26.0 Å². The molecular weight excluding hydrogens is 224 g/mol. The largest absolute Gasteiger partial charge is 0.297 e. The van der Waals surface area contributed by atoms with Gasteiger partial charge in [-0.15, -0.1) is 12.3 Å². The zero-order chi connectivity index (χ0) is 12.2. The lowest BCUT2D eigenvalue weighted by molar-refractivity contribution is 0.234. The minimum Gasteiger partial charge on any atom is -0.262 e. The molecule has 0 bridgehead atoms. The zero-order valence-electron chi connectivity index (χ0n) is 9.30. The van der Waals surface area contributed by atoms with E-state index in [9.17, 15) is 8.42 Å². The normalized spacial score (nSPS) is 13.1. The Balaban J connectivity index is 2.87. The lowest BCUT2D eigenvalue weighted by Crippen LogP contribution is -2.15. The van der Waals surface area contributed by atoms with E-state index in [-0.39, 0.29) is 11.3 Å². The Morgan fingerprint density at radius 2 is 1.94 bits per heavy atom. The van der Waals surface area contributed by atoms with Crippen molar-refractivity contribution in [2.45, 2.75) is 31.3 Å². The van der Waals surface area contributed by atoms with Gasteiger partial charge in [0, 0.05) is 6.42 Å². The fourth-order valence-corrected chi connectivity index (χ4v) is 2.26. The lowest BCUT2D eigenvalue weighted by atomic mass is 10.2. The monoisotopic (exact) mass is 238 g/mol. The quantitative estimate of drug-likeness (QED) is 0.596. The molecule has 0 aliphatic heterocycles. The van der Waals surface area contributed by atoms with E-state index in [0.29, 0.717) is 0 Å². The summed E-state index contributed by atoms with van der Waals surface area (Å²) in [5.74, 6) is 2.36. The third-order valence-electron chi connectivity index (χ3n) is 2.01. The van der Waals surface area contributed by atoms with Crippen LogP contribution in [0, 0.1) is 19.3 Å². The topological polar surface area (TPSA) is 43.4 Å². The summed E-state index contributed by atoms with van der Waals surface area (Å²) in [5.41, 5.74) is 0.996. The van der Waals surface area contributed by atoms with E-state index < -0.39 is 16.2 Å². The maximum absolute atomic E-state index is 11.7. The molecule has 0 spiro atoms. The highest BCUT2D eigenvalue weighted by molar-refractivity contribution is 7.86. The van der Waals surface area contributed by atoms with Gasteiger partial charge in [-0.25, -0.2) is 0 Å². The molecule has 0 heterocycles. The summed E-state index contributed by atoms with van der Waals surface area (Å²) in [6, 6.07) is 6.49. The van der Waals surface area contributed by atoms with Crippen molar-refractivity contribution in [1.82, 2.24) is 0 Å². The van der Waals surface area contributed by atoms with Crippen molar-refractivity contribution in [3.63, 3.8) is 0 Å². The fourth-order valence-electron chi connectivity index (χ4n) is 1.18. The average Bonchev–Trinajstić information content (AvgIpc) is 2.17. The molecular formula is C12H14O3S. The maximum atomic E-state index is 11.7. The van der Waals surface area contributed by atoms with E-state index in [1.165, 1.54) is 12.1 Å². The third kappa shape index (κ3) is 3.37. The van der Waals surface area contributed by atoms with E-state index >= 15 is 0 Å². The predicted octanol–water partition coefficient (Wildman–Crippen LogP) is 2.11. The van der Waals surface area contributed by atoms with Gasteiger partial charge in [-0.2, -0.15) is 8.42 Å². The molecule has 1 rings (SSSR count). The first-order valence-electron chi connectivity index (χ1n) is 4.89. The Hall–Kier alpha value is -1.31. The van der Waals surface area contributed by atoms with Gasteiger partial charge >= 0.3 is 0 Å². The first-order chi connectivity index (χ1) is 7.45. The predicted molar refractivity (Wildman–Crippen MR) is 62.4 cm³/mol. The molecule has 1 atom stereocenters. The molecule has 0 aliphatic carbocycles. The molecule has 0 N–H and O–H groups in total. The van der Waals surface area contributed by atoms with Crippen LogP contribution in [0.4, 0.5) is 0 Å². The first kappa shape index (κ1) is 12.8. The molecule has 0 saturated carbocycles. The molecule has 0 fully saturated rings. The van der Waals surface area contributed by atoms with E-state index in [0.717, 1.165) is 5.56 Å². The Labute approximate surface area is 96.6 Å². The molecule has 16 heavy (non-hydrogen) atoms. The van der Waals surface area contributed by atoms with Crippen LogP contribution < -0.4 is 0 Å². The number of rotatable bonds is 4. The second-order valence-electron chi connectivity index (χ2n) is 3.58. The van der Waals surface area contributed by atoms with Crippen LogP contribution in [0.5, 0.6) is 0 Å². The van der Waals surface area contributed by atoms with Crippen molar-refractivity contribution < 1.29 is 12.6 Å². The van der Waals surface area contributed by atoms with Crippen LogP contribution in [-0.2, 0) is 14.3 Å². The van der Waals surface area contributed by atoms with Crippen molar-refractivity contribution in [1.29, 1.82) is 0 Å². The van der Waals surface area contributed by atoms with Crippen molar-refractivity contribution >= 4 is 10.1 Å². The average molecular weight is 238 g/mol. The minimum atomic E-state index is -3.69. The second-order valence-corrected chi connectivity index (χ2v) is 5.15. The SMILES string of the molecule is C#CCC(C)OS(=O)(=O)c1ccc(C)cc1. The molecule has 0 aromatic heterocycles. The molecule has 4 heteroatoms. The van der Waals surface area contributed by atoms with Crippen LogP contribution >= 0.6 is 0 Å². The van der Waals surface area contributed by atoms with Gasteiger partial charge in [-0.1, -0.05) is 17.7 Å². The van der Waals surface area contributed by atoms with Crippen LogP contribution in [0.3, 0.4) is 0 Å². The van der Waals surface area contributed by atoms with E-state index in [1.807, 2.05) is 6.92 Å². The van der Waals surface area contributed by atoms with Crippen LogP contribution in [0.25, 0.3) is 0 Å². The van der Waals surface area contributed by atoms with Crippen LogP contribution in [-0.4, -0.2) is 14.5 Å². The number of hydrogen-bond donors (Lipinski definition) is 0. The summed E-state index contributed by atoms with van der Waals surface area (Å²) in [5, 5.41) is 0. The van der Waals surface area contributed by atoms with E-state index in [1.54, 1.807) is 19.1 Å². The van der Waals surface area contributed by atoms with Gasteiger partial charge < -0.3 is 0 Å². The van der Waals surface area contributed by atoms with Crippen LogP contribution in [0.2, 0.25) is 0 Å². The molecule has 0 amide bonds. The van der Waals surface area contributed by atoms with Crippen molar-refractivity contribution in [3.05, 3.63) is 29.8 Å². The number of benzene rings is 1. The molecule has 3 nitrogen and oxygen atoms in total. The molecule has 86 valence electrons. The highest BCUT2D eigenvalue weighted by Crippen LogP contribution is 2.15. The summed E-state index contributed by atoms with van der Waals surface area (Å²) in [6.45, 7) is 3.52. The Bertz CT molecular complexity index is 480. The lowest BCUT2D eigenvalue weighted by Gasteiger charge is -2.10. The van der Waals surface area contributed by atoms with Crippen molar-refractivity contribution in [3.8, 4) is 12.3 Å². The molecule has 0 radical (unpaired) electrons. The molecule has 1 unspecified atom stereocenters. The van der Waals surface area contributed by atoms with Crippen molar-refractivity contribution in [2.75, 3.05) is 0 Å². The second kappa shape index (κ2) is 5.15. The molecule has 1 aromatic rings. The van der Waals surface area contributed by atoms with Crippen molar-refractivity contribution in [2.24, 2.45) is 0 Å². The molecule has 1 aromatic carbocycles. The fraction of sp³-hybridized carbons (Fsp3) is 0.333. The summed E-state index contributed by atoms with van der Waals surface area (Å²) >= 11 is 0. The summed E-state index contributed by atoms with van der Waals surface area (Å²) in [7, 11) is -3.69. The van der Waals surface area contributed by atoms with Gasteiger partial charge in [0.15, 0.2) is 0 Å². The van der Waals surface area contributed by atoms with Gasteiger partial charge in [0.1, 0.15) is 0 Å². The Morgan fingerprint density at radius 1 is 1.38 bits per heavy atom. The Morgan fingerprint density at radius 3 is 2.44 bits per heavy atom. The zero-order valence-corrected chi connectivity index (χ0v) is 10.1. The highest BCUT2D eigenvalue weighted by Gasteiger charge is 2.18. The van der Waals surface area contributed by atoms with E-state index in [4.69, 9.17) is 10.6 Å². The van der Waals surface area contributed by atoms with Crippen LogP contribution in [0.15, 0.2) is 29.2 Å². The first-order valence-corrected chi connectivity index (χ1v) is 6.30. The van der Waals surface area contributed by atoms with Gasteiger partial charge in [0.25, 0.3) is 10.1 Å². The molecule has 0 saturated heterocycles. The van der Waals surface area contributed by atoms with Gasteiger partial charge in [0.05, 0.1) is 11.0 Å². The molecule has 0 aliphatic rings. The summed E-state index contributed by atoms with van der Waals surface area (Å²) in [6.07, 6.45) is 4.85. The summed E-state index contributed by atoms with van der Waals surface area (Å²) < 4.78 is 28.4. The minimum absolute atomic E-state index is 0.155. The Kier molecular flexibility index (Phi) is 4.11. The standard InChI is InChI=1S/C12H14O3S/c1-4-5-11(3)15-16(13,14)12-8-6-10(2)7-9-12/h1,6-9,11H,5H2,2-3H3. The van der Waals surface area contributed by atoms with Gasteiger partial charge in [0.2, 0.25) is 0 Å². The number of aryl methyl sites for hydroxylation is 1. The summed E-state index contributed by atoms with van der Waals surface area (Å²) in [4.78, 5) is 0.155. The maximum Gasteiger partial charge on any atom is 0.297 e. The van der Waals surface area contributed by atoms with Gasteiger partial charge in [-0.3, -0.25) is 4.18 Å². The smallest absolute Gasteiger partial charge is 0.262 e. The van der Waals surface area contributed by atoms with Crippen LogP contribution in [0.1, 0.15) is 18.9 Å². The number of terminal acetylenes is 1.